The molecule has 0 unspecified atom stereocenters. The Kier molecular flexibility index (Phi) is 5.80. The van der Waals surface area contributed by atoms with Gasteiger partial charge in [0.25, 0.3) is 0 Å². The second-order valence-corrected chi connectivity index (χ2v) is 5.46. The molecule has 0 aliphatic rings. The van der Waals surface area contributed by atoms with Gasteiger partial charge in [0, 0.05) is 30.6 Å². The molecule has 0 radical (unpaired) electrons. The van der Waals surface area contributed by atoms with Crippen molar-refractivity contribution in [2.75, 3.05) is 38.8 Å². The summed E-state index contributed by atoms with van der Waals surface area (Å²) in [5.41, 5.74) is 0.00535. The van der Waals surface area contributed by atoms with Crippen LogP contribution >= 0.6 is 11.5 Å². The van der Waals surface area contributed by atoms with Crippen molar-refractivity contribution >= 4 is 16.7 Å². The number of anilines is 1. The monoisotopic (exact) mass is 259 g/mol. The predicted octanol–water partition coefficient (Wildman–Crippen LogP) is 1.91. The highest BCUT2D eigenvalue weighted by molar-refractivity contribution is 7.09. The molecule has 0 aliphatic carbocycles. The van der Waals surface area contributed by atoms with Crippen LogP contribution in [0.2, 0.25) is 0 Å². The summed E-state index contributed by atoms with van der Waals surface area (Å²) in [7, 11) is 1.66. The molecule has 1 N–H and O–H groups in total. The Morgan fingerprint density at radius 2 is 2.00 bits per heavy atom. The third-order valence-corrected chi connectivity index (χ3v) is 2.72. The van der Waals surface area contributed by atoms with E-state index in [2.05, 4.69) is 35.4 Å². The molecule has 0 atom stereocenters. The van der Waals surface area contributed by atoms with Crippen LogP contribution in [0.25, 0.3) is 0 Å². The van der Waals surface area contributed by atoms with Crippen molar-refractivity contribution in [3.05, 3.63) is 5.82 Å². The average Bonchev–Trinajstić information content (AvgIpc) is 2.71. The molecule has 0 saturated heterocycles. The summed E-state index contributed by atoms with van der Waals surface area (Å²) in [6.07, 6.45) is 0. The molecule has 98 valence electrons. The lowest BCUT2D eigenvalue weighted by Gasteiger charge is -2.12. The van der Waals surface area contributed by atoms with Crippen molar-refractivity contribution in [2.45, 2.75) is 26.2 Å². The molecular weight excluding hydrogens is 238 g/mol. The zero-order chi connectivity index (χ0) is 12.7. The first-order valence-corrected chi connectivity index (χ1v) is 6.46. The van der Waals surface area contributed by atoms with Crippen molar-refractivity contribution in [1.82, 2.24) is 9.36 Å². The average molecular weight is 259 g/mol. The Labute approximate surface area is 107 Å². The number of nitrogens with zero attached hydrogens (tertiary/aromatic N) is 2. The van der Waals surface area contributed by atoms with Crippen LogP contribution in [0.5, 0.6) is 0 Å². The van der Waals surface area contributed by atoms with Gasteiger partial charge in [-0.25, -0.2) is 4.98 Å². The van der Waals surface area contributed by atoms with E-state index in [0.717, 1.165) is 17.5 Å². The molecule has 0 aliphatic heterocycles. The zero-order valence-corrected chi connectivity index (χ0v) is 11.8. The fourth-order valence-corrected chi connectivity index (χ4v) is 1.86. The van der Waals surface area contributed by atoms with Gasteiger partial charge in [-0.05, 0) is 0 Å². The summed E-state index contributed by atoms with van der Waals surface area (Å²) in [6, 6.07) is 0. The first-order chi connectivity index (χ1) is 8.04. The molecule has 6 heteroatoms. The molecule has 0 saturated carbocycles. The van der Waals surface area contributed by atoms with E-state index in [1.807, 2.05) is 0 Å². The maximum Gasteiger partial charge on any atom is 0.202 e. The van der Waals surface area contributed by atoms with Gasteiger partial charge in [0.2, 0.25) is 5.13 Å². The van der Waals surface area contributed by atoms with Gasteiger partial charge in [-0.15, -0.1) is 0 Å². The first kappa shape index (κ1) is 14.3. The Balaban J connectivity index is 2.21. The van der Waals surface area contributed by atoms with E-state index in [-0.39, 0.29) is 5.41 Å². The van der Waals surface area contributed by atoms with Gasteiger partial charge >= 0.3 is 0 Å². The lowest BCUT2D eigenvalue weighted by molar-refractivity contribution is 0.0759. The summed E-state index contributed by atoms with van der Waals surface area (Å²) in [5, 5.41) is 4.05. The SMILES string of the molecule is COCCOCCNc1nc(C(C)(C)C)ns1. The zero-order valence-electron chi connectivity index (χ0n) is 10.9. The standard InChI is InChI=1S/C11H21N3O2S/c1-11(2,3)9-13-10(17-14-9)12-5-6-16-8-7-15-4/h5-8H2,1-4H3,(H,12,13,14). The quantitative estimate of drug-likeness (QED) is 0.758. The van der Waals surface area contributed by atoms with Gasteiger partial charge in [-0.1, -0.05) is 20.8 Å². The molecule has 0 aromatic carbocycles. The molecule has 0 bridgehead atoms. The minimum Gasteiger partial charge on any atom is -0.382 e. The van der Waals surface area contributed by atoms with E-state index in [9.17, 15) is 0 Å². The van der Waals surface area contributed by atoms with Gasteiger partial charge < -0.3 is 14.8 Å². The van der Waals surface area contributed by atoms with E-state index >= 15 is 0 Å². The third kappa shape index (κ3) is 5.43. The van der Waals surface area contributed by atoms with Crippen molar-refractivity contribution in [3.8, 4) is 0 Å². The Morgan fingerprint density at radius 3 is 2.59 bits per heavy atom. The number of nitrogens with one attached hydrogen (secondary N) is 1. The lowest BCUT2D eigenvalue weighted by atomic mass is 9.96. The summed E-state index contributed by atoms with van der Waals surface area (Å²) >= 11 is 1.39. The van der Waals surface area contributed by atoms with Crippen LogP contribution in [-0.4, -0.2) is 42.8 Å². The molecule has 5 nitrogen and oxygen atoms in total. The molecule has 0 spiro atoms. The van der Waals surface area contributed by atoms with Crippen LogP contribution in [-0.2, 0) is 14.9 Å². The van der Waals surface area contributed by atoms with Crippen molar-refractivity contribution < 1.29 is 9.47 Å². The lowest BCUT2D eigenvalue weighted by Crippen LogP contribution is -2.14. The number of aromatic nitrogens is 2. The molecule has 1 heterocycles. The second kappa shape index (κ2) is 6.88. The highest BCUT2D eigenvalue weighted by atomic mass is 32.1. The Hall–Kier alpha value is -0.720. The van der Waals surface area contributed by atoms with Crippen molar-refractivity contribution in [2.24, 2.45) is 0 Å². The highest BCUT2D eigenvalue weighted by Crippen LogP contribution is 2.22. The minimum atomic E-state index is 0.00535. The van der Waals surface area contributed by atoms with Gasteiger partial charge in [-0.3, -0.25) is 0 Å². The van der Waals surface area contributed by atoms with Crippen LogP contribution in [0, 0.1) is 0 Å². The molecule has 1 aromatic heterocycles. The summed E-state index contributed by atoms with van der Waals surface area (Å²) in [5.74, 6) is 0.880. The van der Waals surface area contributed by atoms with Crippen LogP contribution in [0.15, 0.2) is 0 Å². The third-order valence-electron chi connectivity index (χ3n) is 2.05. The summed E-state index contributed by atoms with van der Waals surface area (Å²) in [4.78, 5) is 4.43. The number of hydrogen-bond acceptors (Lipinski definition) is 6. The summed E-state index contributed by atoms with van der Waals surface area (Å²) < 4.78 is 14.5. The predicted molar refractivity (Wildman–Crippen MR) is 69.8 cm³/mol. The number of ether oxygens (including phenoxy) is 2. The van der Waals surface area contributed by atoms with E-state index in [1.165, 1.54) is 11.5 Å². The van der Waals surface area contributed by atoms with E-state index in [1.54, 1.807) is 7.11 Å². The molecule has 17 heavy (non-hydrogen) atoms. The summed E-state index contributed by atoms with van der Waals surface area (Å²) in [6.45, 7) is 8.96. The maximum atomic E-state index is 5.34. The van der Waals surface area contributed by atoms with Crippen LogP contribution < -0.4 is 5.32 Å². The van der Waals surface area contributed by atoms with Crippen LogP contribution in [0.4, 0.5) is 5.13 Å². The number of methoxy groups -OCH3 is 1. The second-order valence-electron chi connectivity index (χ2n) is 4.71. The Morgan fingerprint density at radius 1 is 1.24 bits per heavy atom. The molecule has 1 aromatic rings. The Bertz CT molecular complexity index is 323. The van der Waals surface area contributed by atoms with E-state index in [0.29, 0.717) is 19.8 Å². The van der Waals surface area contributed by atoms with Gasteiger partial charge in [0.1, 0.15) is 5.82 Å². The smallest absolute Gasteiger partial charge is 0.202 e. The topological polar surface area (TPSA) is 56.3 Å². The normalized spacial score (nSPS) is 11.8. The molecular formula is C11H21N3O2S. The first-order valence-electron chi connectivity index (χ1n) is 5.69. The van der Waals surface area contributed by atoms with Gasteiger partial charge in [0.05, 0.1) is 19.8 Å². The van der Waals surface area contributed by atoms with E-state index in [4.69, 9.17) is 9.47 Å². The minimum absolute atomic E-state index is 0.00535. The highest BCUT2D eigenvalue weighted by Gasteiger charge is 2.19. The fraction of sp³-hybridized carbons (Fsp3) is 0.818. The van der Waals surface area contributed by atoms with Crippen LogP contribution in [0.1, 0.15) is 26.6 Å². The van der Waals surface area contributed by atoms with E-state index < -0.39 is 0 Å². The maximum absolute atomic E-state index is 5.34. The van der Waals surface area contributed by atoms with Crippen molar-refractivity contribution in [3.63, 3.8) is 0 Å². The van der Waals surface area contributed by atoms with Crippen LogP contribution in [0.3, 0.4) is 0 Å². The fourth-order valence-electron chi connectivity index (χ4n) is 1.07. The molecule has 0 amide bonds. The van der Waals surface area contributed by atoms with Crippen molar-refractivity contribution in [1.29, 1.82) is 0 Å². The number of hydrogen-bond donors (Lipinski definition) is 1. The largest absolute Gasteiger partial charge is 0.382 e. The number of rotatable bonds is 7. The molecule has 0 fully saturated rings. The van der Waals surface area contributed by atoms with Gasteiger partial charge in [-0.2, -0.15) is 4.37 Å². The van der Waals surface area contributed by atoms with Gasteiger partial charge in [0.15, 0.2) is 0 Å². The molecule has 1 rings (SSSR count).